The van der Waals surface area contributed by atoms with Crippen LogP contribution in [0.1, 0.15) is 28.7 Å². The molecule has 0 radical (unpaired) electrons. The van der Waals surface area contributed by atoms with Gasteiger partial charge in [-0.3, -0.25) is 10.2 Å². The van der Waals surface area contributed by atoms with Crippen molar-refractivity contribution in [3.05, 3.63) is 113 Å². The molecule has 2 aliphatic heterocycles. The lowest BCUT2D eigenvalue weighted by atomic mass is 9.75. The van der Waals surface area contributed by atoms with Crippen LogP contribution in [0.2, 0.25) is 0 Å². The van der Waals surface area contributed by atoms with Gasteiger partial charge in [0.1, 0.15) is 0 Å². The number of hydrogen-bond acceptors (Lipinski definition) is 6. The molecule has 0 spiro atoms. The molecule has 2 aliphatic rings. The van der Waals surface area contributed by atoms with Crippen molar-refractivity contribution in [1.29, 1.82) is 0 Å². The first-order valence-corrected chi connectivity index (χ1v) is 14.0. The van der Waals surface area contributed by atoms with Gasteiger partial charge in [0.2, 0.25) is 0 Å². The van der Waals surface area contributed by atoms with Crippen molar-refractivity contribution in [3.63, 3.8) is 0 Å². The second kappa shape index (κ2) is 14.1. The molecular formula is C31H34N2O5S. The Morgan fingerprint density at radius 2 is 1.49 bits per heavy atom. The van der Waals surface area contributed by atoms with Gasteiger partial charge in [-0.25, -0.2) is 9.59 Å². The largest absolute Gasteiger partial charge is 0.478 e. The molecule has 2 heterocycles. The van der Waals surface area contributed by atoms with Crippen LogP contribution in [0.5, 0.6) is 0 Å². The lowest BCUT2D eigenvalue weighted by molar-refractivity contribution is -0.134. The Labute approximate surface area is 233 Å². The molecule has 0 amide bonds. The van der Waals surface area contributed by atoms with Crippen LogP contribution in [0.15, 0.2) is 95.9 Å². The summed E-state index contributed by atoms with van der Waals surface area (Å²) >= 11 is 1.95. The predicted molar refractivity (Wildman–Crippen MR) is 153 cm³/mol. The number of rotatable bonds is 8. The number of thioether (sulfide) groups is 1. The van der Waals surface area contributed by atoms with E-state index in [0.29, 0.717) is 12.2 Å². The topological polar surface area (TPSA) is 99.1 Å². The van der Waals surface area contributed by atoms with Crippen LogP contribution in [0.25, 0.3) is 0 Å². The number of nitrogens with one attached hydrogen (secondary N) is 1. The number of hydrogen-bond donors (Lipinski definition) is 3. The maximum atomic E-state index is 9.55. The lowest BCUT2D eigenvalue weighted by Gasteiger charge is -2.38. The fraction of sp³-hybridized carbons (Fsp3) is 0.290. The van der Waals surface area contributed by atoms with E-state index in [9.17, 15) is 9.59 Å². The van der Waals surface area contributed by atoms with E-state index in [4.69, 9.17) is 14.9 Å². The summed E-state index contributed by atoms with van der Waals surface area (Å²) < 4.78 is 5.51. The summed E-state index contributed by atoms with van der Waals surface area (Å²) in [5.41, 5.74) is 5.12. The van der Waals surface area contributed by atoms with Crippen molar-refractivity contribution in [2.24, 2.45) is 0 Å². The molecule has 39 heavy (non-hydrogen) atoms. The molecule has 5 rings (SSSR count). The maximum absolute atomic E-state index is 9.55. The van der Waals surface area contributed by atoms with Crippen LogP contribution in [0.3, 0.4) is 0 Å². The molecule has 0 aromatic heterocycles. The molecule has 1 unspecified atom stereocenters. The molecule has 1 fully saturated rings. The first-order chi connectivity index (χ1) is 19.0. The van der Waals surface area contributed by atoms with Crippen molar-refractivity contribution in [3.8, 4) is 0 Å². The molecule has 3 aromatic rings. The summed E-state index contributed by atoms with van der Waals surface area (Å²) in [6.07, 6.45) is 2.23. The molecule has 1 atom stereocenters. The van der Waals surface area contributed by atoms with Gasteiger partial charge in [-0.2, -0.15) is 0 Å². The van der Waals surface area contributed by atoms with Gasteiger partial charge in [0.25, 0.3) is 0 Å². The highest BCUT2D eigenvalue weighted by Crippen LogP contribution is 2.46. The van der Waals surface area contributed by atoms with Gasteiger partial charge >= 0.3 is 11.9 Å². The van der Waals surface area contributed by atoms with Gasteiger partial charge in [-0.05, 0) is 47.8 Å². The Kier molecular flexibility index (Phi) is 10.3. The number of fused-ring (bicyclic) bond motifs is 2. The highest BCUT2D eigenvalue weighted by atomic mass is 32.2. The Morgan fingerprint density at radius 1 is 0.872 bits per heavy atom. The first kappa shape index (κ1) is 28.6. The zero-order chi connectivity index (χ0) is 27.5. The van der Waals surface area contributed by atoms with E-state index in [1.807, 2.05) is 11.8 Å². The average molecular weight is 547 g/mol. The predicted octanol–water partition coefficient (Wildman–Crippen LogP) is 4.61. The Hall–Kier alpha value is -3.43. The average Bonchev–Trinajstić information content (AvgIpc) is 3.11. The smallest absolute Gasteiger partial charge is 0.328 e. The molecule has 204 valence electrons. The number of carbonyl (C=O) groups is 2. The minimum absolute atomic E-state index is 0.344. The van der Waals surface area contributed by atoms with Gasteiger partial charge in [0, 0.05) is 35.9 Å². The van der Waals surface area contributed by atoms with Crippen molar-refractivity contribution in [1.82, 2.24) is 10.2 Å². The van der Waals surface area contributed by atoms with Crippen LogP contribution < -0.4 is 5.32 Å². The number of carboxylic acid groups (broad SMARTS) is 2. The van der Waals surface area contributed by atoms with E-state index in [0.717, 1.165) is 51.6 Å². The number of aliphatic carboxylic acids is 2. The fourth-order valence-electron chi connectivity index (χ4n) is 5.05. The van der Waals surface area contributed by atoms with Crippen LogP contribution in [0, 0.1) is 0 Å². The summed E-state index contributed by atoms with van der Waals surface area (Å²) in [5.74, 6) is -1.52. The van der Waals surface area contributed by atoms with E-state index < -0.39 is 11.9 Å². The molecule has 1 saturated heterocycles. The third-order valence-corrected chi connectivity index (χ3v) is 7.94. The van der Waals surface area contributed by atoms with Crippen LogP contribution in [-0.2, 0) is 25.6 Å². The summed E-state index contributed by atoms with van der Waals surface area (Å²) in [7, 11) is 0. The van der Waals surface area contributed by atoms with Gasteiger partial charge in [0.15, 0.2) is 0 Å². The highest BCUT2D eigenvalue weighted by molar-refractivity contribution is 7.98. The van der Waals surface area contributed by atoms with E-state index >= 15 is 0 Å². The third kappa shape index (κ3) is 7.36. The molecule has 7 nitrogen and oxygen atoms in total. The van der Waals surface area contributed by atoms with E-state index in [2.05, 4.69) is 89.1 Å². The van der Waals surface area contributed by atoms with Gasteiger partial charge in [-0.1, -0.05) is 72.8 Å². The zero-order valence-corrected chi connectivity index (χ0v) is 22.6. The van der Waals surface area contributed by atoms with Crippen molar-refractivity contribution in [2.45, 2.75) is 22.6 Å². The number of nitrogens with zero attached hydrogens (tertiary/aromatic N) is 1. The second-order valence-corrected chi connectivity index (χ2v) is 10.3. The van der Waals surface area contributed by atoms with Gasteiger partial charge in [0.05, 0.1) is 18.8 Å². The Balaban J connectivity index is 0.000000386. The number of carboxylic acids is 2. The van der Waals surface area contributed by atoms with Gasteiger partial charge < -0.3 is 14.9 Å². The number of ether oxygens (including phenoxy) is 1. The lowest BCUT2D eigenvalue weighted by Crippen LogP contribution is -2.46. The fourth-order valence-corrected chi connectivity index (χ4v) is 6.17. The zero-order valence-electron chi connectivity index (χ0n) is 21.8. The standard InChI is InChI=1S/C27H30N2OS.C4H4O4/c1-2-10-23(11-3-1)27(28-15-8-16-29-17-19-30-20-18-29)24-12-5-4-9-22(24)21-31-26-14-7-6-13-25(26)27;5-3(6)1-2-4(7)8/h1-7,9-14,28H,8,15-21H2;1-2H,(H,5,6)(H,7,8)/b;2-1-. The minimum atomic E-state index is -1.26. The van der Waals surface area contributed by atoms with Gasteiger partial charge in [-0.15, -0.1) is 11.8 Å². The summed E-state index contributed by atoms with van der Waals surface area (Å²) in [4.78, 5) is 23.0. The number of benzene rings is 3. The van der Waals surface area contributed by atoms with E-state index in [1.165, 1.54) is 27.1 Å². The van der Waals surface area contributed by atoms with Crippen molar-refractivity contribution >= 4 is 23.7 Å². The van der Waals surface area contributed by atoms with Crippen LogP contribution in [-0.4, -0.2) is 66.4 Å². The highest BCUT2D eigenvalue weighted by Gasteiger charge is 2.40. The van der Waals surface area contributed by atoms with Crippen molar-refractivity contribution in [2.75, 3.05) is 39.4 Å². The van der Waals surface area contributed by atoms with E-state index in [1.54, 1.807) is 0 Å². The van der Waals surface area contributed by atoms with Crippen LogP contribution in [0.4, 0.5) is 0 Å². The monoisotopic (exact) mass is 546 g/mol. The van der Waals surface area contributed by atoms with E-state index in [-0.39, 0.29) is 5.54 Å². The molecule has 8 heteroatoms. The SMILES string of the molecule is O=C(O)/C=C\C(=O)O.c1ccc(C2(NCCCN3CCOCC3)c3ccccc3CSc3ccccc32)cc1. The summed E-state index contributed by atoms with van der Waals surface area (Å²) in [6, 6.07) is 28.9. The second-order valence-electron chi connectivity index (χ2n) is 9.30. The molecule has 0 aliphatic carbocycles. The Bertz CT molecular complexity index is 1210. The summed E-state index contributed by atoms with van der Waals surface area (Å²) in [5, 5.41) is 19.7. The number of morpholine rings is 1. The van der Waals surface area contributed by atoms with Crippen LogP contribution >= 0.6 is 11.8 Å². The minimum Gasteiger partial charge on any atom is -0.478 e. The third-order valence-electron chi connectivity index (χ3n) is 6.82. The quantitative estimate of drug-likeness (QED) is 0.278. The molecule has 3 N–H and O–H groups in total. The molecule has 3 aromatic carbocycles. The maximum Gasteiger partial charge on any atom is 0.328 e. The Morgan fingerprint density at radius 3 is 2.18 bits per heavy atom. The first-order valence-electron chi connectivity index (χ1n) is 13.1. The van der Waals surface area contributed by atoms with Crippen molar-refractivity contribution < 1.29 is 24.5 Å². The molecular weight excluding hydrogens is 512 g/mol. The normalized spacial score (nSPS) is 18.8. The molecule has 0 bridgehead atoms. The molecule has 0 saturated carbocycles. The summed E-state index contributed by atoms with van der Waals surface area (Å²) in [6.45, 7) is 5.88.